The second kappa shape index (κ2) is 10.8. The summed E-state index contributed by atoms with van der Waals surface area (Å²) in [7, 11) is 3.17. The van der Waals surface area contributed by atoms with Crippen LogP contribution >= 0.6 is 0 Å². The lowest BCUT2D eigenvalue weighted by atomic mass is 10.0. The number of rotatable bonds is 9. The number of benzene rings is 2. The summed E-state index contributed by atoms with van der Waals surface area (Å²) in [4.78, 5) is 13.5. The van der Waals surface area contributed by atoms with E-state index in [0.717, 1.165) is 5.56 Å². The predicted molar refractivity (Wildman–Crippen MR) is 115 cm³/mol. The van der Waals surface area contributed by atoms with E-state index < -0.39 is 0 Å². The van der Waals surface area contributed by atoms with Gasteiger partial charge in [-0.1, -0.05) is 24.3 Å². The highest BCUT2D eigenvalue weighted by molar-refractivity contribution is 6.01. The van der Waals surface area contributed by atoms with Gasteiger partial charge in [0.25, 0.3) is 5.91 Å². The van der Waals surface area contributed by atoms with Crippen molar-refractivity contribution in [3.8, 4) is 17.6 Å². The highest BCUT2D eigenvalue weighted by Gasteiger charge is 2.16. The summed E-state index contributed by atoms with van der Waals surface area (Å²) in [6.45, 7) is 6.04. The third kappa shape index (κ3) is 5.71. The van der Waals surface area contributed by atoms with Gasteiger partial charge in [-0.25, -0.2) is 4.39 Å². The Balaban J connectivity index is 2.49. The number of nitriles is 1. The van der Waals surface area contributed by atoms with Gasteiger partial charge in [0.15, 0.2) is 11.5 Å². The number of nitrogens with zero attached hydrogens (tertiary/aromatic N) is 2. The molecule has 0 saturated heterocycles. The van der Waals surface area contributed by atoms with Gasteiger partial charge in [-0.3, -0.25) is 4.79 Å². The van der Waals surface area contributed by atoms with Crippen LogP contribution in [-0.4, -0.2) is 31.5 Å². The van der Waals surface area contributed by atoms with E-state index >= 15 is 0 Å². The van der Waals surface area contributed by atoms with Crippen LogP contribution in [0.25, 0.3) is 6.08 Å². The molecule has 0 atom stereocenters. The quantitative estimate of drug-likeness (QED) is 0.348. The molecule has 0 spiro atoms. The minimum Gasteiger partial charge on any atom is -0.490 e. The van der Waals surface area contributed by atoms with Crippen LogP contribution in [0, 0.1) is 17.1 Å². The maximum atomic E-state index is 14.0. The number of allylic oxidation sites excluding steroid dienone is 1. The summed E-state index contributed by atoms with van der Waals surface area (Å²) in [5.74, 6) is 0.199. The molecule has 0 saturated carbocycles. The number of likely N-dealkylation sites (N-methyl/N-ethyl adjacent to an activating group) is 1. The standard InChI is InChI=1S/C24H25FN2O3/c1-5-9-18-12-17(13-20(15-26)24(28)27(3)4)14-22(29-6-2)23(18)30-16-19-10-7-8-11-21(19)25/h5,7-8,10-14H,1,6,9,16H2,2-4H3/b20-13-. The van der Waals surface area contributed by atoms with Gasteiger partial charge in [0, 0.05) is 25.2 Å². The lowest BCUT2D eigenvalue weighted by molar-refractivity contribution is -0.124. The Morgan fingerprint density at radius 2 is 1.97 bits per heavy atom. The normalized spacial score (nSPS) is 10.8. The largest absolute Gasteiger partial charge is 0.490 e. The monoisotopic (exact) mass is 408 g/mol. The lowest BCUT2D eigenvalue weighted by Crippen LogP contribution is -2.22. The molecule has 2 aromatic carbocycles. The first-order valence-corrected chi connectivity index (χ1v) is 9.51. The molecule has 0 aliphatic carbocycles. The Morgan fingerprint density at radius 1 is 1.23 bits per heavy atom. The molecule has 1 amide bonds. The molecule has 6 heteroatoms. The van der Waals surface area contributed by atoms with E-state index in [1.54, 1.807) is 50.5 Å². The molecular formula is C24H25FN2O3. The Labute approximate surface area is 176 Å². The van der Waals surface area contributed by atoms with E-state index in [-0.39, 0.29) is 23.9 Å². The highest BCUT2D eigenvalue weighted by atomic mass is 19.1. The van der Waals surface area contributed by atoms with Crippen molar-refractivity contribution in [1.82, 2.24) is 4.90 Å². The molecule has 0 heterocycles. The maximum absolute atomic E-state index is 14.0. The van der Waals surface area contributed by atoms with Crippen molar-refractivity contribution in [3.05, 3.63) is 77.1 Å². The zero-order chi connectivity index (χ0) is 22.1. The minimum absolute atomic E-state index is 0.00651. The van der Waals surface area contributed by atoms with Crippen LogP contribution in [0.1, 0.15) is 23.6 Å². The van der Waals surface area contributed by atoms with Crippen molar-refractivity contribution in [1.29, 1.82) is 5.26 Å². The number of hydrogen-bond acceptors (Lipinski definition) is 4. The van der Waals surface area contributed by atoms with Crippen LogP contribution in [-0.2, 0) is 17.8 Å². The third-order valence-electron chi connectivity index (χ3n) is 4.22. The van der Waals surface area contributed by atoms with Gasteiger partial charge in [0.2, 0.25) is 0 Å². The van der Waals surface area contributed by atoms with Crippen LogP contribution in [0.2, 0.25) is 0 Å². The Hall–Kier alpha value is -3.59. The summed E-state index contributed by atoms with van der Waals surface area (Å²) in [5, 5.41) is 9.37. The van der Waals surface area contributed by atoms with E-state index in [9.17, 15) is 14.4 Å². The molecule has 156 valence electrons. The van der Waals surface area contributed by atoms with Crippen LogP contribution in [0.15, 0.2) is 54.6 Å². The molecule has 5 nitrogen and oxygen atoms in total. The first-order chi connectivity index (χ1) is 14.4. The molecule has 0 aliphatic rings. The zero-order valence-corrected chi connectivity index (χ0v) is 17.4. The van der Waals surface area contributed by atoms with Gasteiger partial charge in [-0.05, 0) is 43.2 Å². The number of halogens is 1. The summed E-state index contributed by atoms with van der Waals surface area (Å²) in [6, 6.07) is 11.9. The average molecular weight is 408 g/mol. The average Bonchev–Trinajstić information content (AvgIpc) is 2.72. The Kier molecular flexibility index (Phi) is 8.18. The van der Waals surface area contributed by atoms with Gasteiger partial charge in [0.1, 0.15) is 24.1 Å². The van der Waals surface area contributed by atoms with Gasteiger partial charge in [-0.15, -0.1) is 6.58 Å². The molecule has 0 N–H and O–H groups in total. The number of amides is 1. The molecule has 30 heavy (non-hydrogen) atoms. The summed E-state index contributed by atoms with van der Waals surface area (Å²) < 4.78 is 25.7. The molecule has 2 rings (SSSR count). The van der Waals surface area contributed by atoms with E-state index in [2.05, 4.69) is 6.58 Å². The molecule has 0 aliphatic heterocycles. The molecule has 0 unspecified atom stereocenters. The Morgan fingerprint density at radius 3 is 2.57 bits per heavy atom. The summed E-state index contributed by atoms with van der Waals surface area (Å²) in [5.41, 5.74) is 1.82. The number of carbonyl (C=O) groups is 1. The van der Waals surface area contributed by atoms with Crippen molar-refractivity contribution in [3.63, 3.8) is 0 Å². The fourth-order valence-electron chi connectivity index (χ4n) is 2.82. The van der Waals surface area contributed by atoms with Crippen molar-refractivity contribution < 1.29 is 18.7 Å². The van der Waals surface area contributed by atoms with E-state index in [4.69, 9.17) is 9.47 Å². The maximum Gasteiger partial charge on any atom is 0.264 e. The fourth-order valence-corrected chi connectivity index (χ4v) is 2.82. The minimum atomic E-state index is -0.388. The van der Waals surface area contributed by atoms with E-state index in [1.807, 2.05) is 13.0 Å². The molecule has 0 bridgehead atoms. The number of ether oxygens (including phenoxy) is 2. The van der Waals surface area contributed by atoms with Gasteiger partial charge < -0.3 is 14.4 Å². The SMILES string of the molecule is C=CCc1cc(/C=C(/C#N)C(=O)N(C)C)cc(OCC)c1OCc1ccccc1F. The first kappa shape index (κ1) is 22.7. The topological polar surface area (TPSA) is 62.6 Å². The van der Waals surface area contributed by atoms with Crippen molar-refractivity contribution >= 4 is 12.0 Å². The summed E-state index contributed by atoms with van der Waals surface area (Å²) >= 11 is 0. The lowest BCUT2D eigenvalue weighted by Gasteiger charge is -2.17. The fraction of sp³-hybridized carbons (Fsp3) is 0.250. The predicted octanol–water partition coefficient (Wildman–Crippen LogP) is 4.53. The van der Waals surface area contributed by atoms with Gasteiger partial charge in [0.05, 0.1) is 6.61 Å². The molecular weight excluding hydrogens is 383 g/mol. The molecule has 2 aromatic rings. The Bertz CT molecular complexity index is 990. The van der Waals surface area contributed by atoms with Crippen LogP contribution < -0.4 is 9.47 Å². The number of hydrogen-bond donors (Lipinski definition) is 0. The van der Waals surface area contributed by atoms with E-state index in [1.165, 1.54) is 17.0 Å². The number of carbonyl (C=O) groups excluding carboxylic acids is 1. The second-order valence-electron chi connectivity index (χ2n) is 6.68. The summed E-state index contributed by atoms with van der Waals surface area (Å²) in [6.07, 6.45) is 3.70. The zero-order valence-electron chi connectivity index (χ0n) is 17.4. The van der Waals surface area contributed by atoms with Crippen molar-refractivity contribution in [2.24, 2.45) is 0 Å². The van der Waals surface area contributed by atoms with Crippen molar-refractivity contribution in [2.45, 2.75) is 20.0 Å². The smallest absolute Gasteiger partial charge is 0.264 e. The molecule has 0 aromatic heterocycles. The second-order valence-corrected chi connectivity index (χ2v) is 6.68. The van der Waals surface area contributed by atoms with Crippen molar-refractivity contribution in [2.75, 3.05) is 20.7 Å². The van der Waals surface area contributed by atoms with Crippen LogP contribution in [0.3, 0.4) is 0 Å². The first-order valence-electron chi connectivity index (χ1n) is 9.51. The van der Waals surface area contributed by atoms with Crippen LogP contribution in [0.4, 0.5) is 4.39 Å². The van der Waals surface area contributed by atoms with Crippen LogP contribution in [0.5, 0.6) is 11.5 Å². The molecule has 0 radical (unpaired) electrons. The van der Waals surface area contributed by atoms with Gasteiger partial charge in [-0.2, -0.15) is 5.26 Å². The molecule has 0 fully saturated rings. The van der Waals surface area contributed by atoms with Gasteiger partial charge >= 0.3 is 0 Å². The van der Waals surface area contributed by atoms with E-state index in [0.29, 0.717) is 35.7 Å². The highest BCUT2D eigenvalue weighted by Crippen LogP contribution is 2.35. The third-order valence-corrected chi connectivity index (χ3v) is 4.22.